The summed E-state index contributed by atoms with van der Waals surface area (Å²) in [5, 5.41) is 26.2. The third-order valence-corrected chi connectivity index (χ3v) is 5.44. The molecular weight excluding hydrogens is 391 g/mol. The first-order valence-corrected chi connectivity index (χ1v) is 9.18. The molecule has 4 rings (SSSR count). The summed E-state index contributed by atoms with van der Waals surface area (Å²) in [6.45, 7) is 1.79. The number of hydrogen-bond donors (Lipinski definition) is 3. The number of aromatic nitrogens is 3. The number of nitrogens with one attached hydrogen (secondary N) is 1. The van der Waals surface area contributed by atoms with Crippen LogP contribution in [0.25, 0.3) is 32.0 Å². The van der Waals surface area contributed by atoms with E-state index in [1.54, 1.807) is 31.2 Å². The van der Waals surface area contributed by atoms with Crippen LogP contribution in [0.5, 0.6) is 11.5 Å². The van der Waals surface area contributed by atoms with Gasteiger partial charge in [-0.25, -0.2) is 4.98 Å². The zero-order chi connectivity index (χ0) is 20.1. The number of benzene rings is 2. The molecule has 2 aromatic heterocycles. The largest absolute Gasteiger partial charge is 0.508 e. The number of fused-ring (bicyclic) bond motifs is 1. The fourth-order valence-corrected chi connectivity index (χ4v) is 4.04. The van der Waals surface area contributed by atoms with Crippen LogP contribution in [0.1, 0.15) is 18.2 Å². The topological polar surface area (TPSA) is 82.0 Å². The molecule has 0 saturated heterocycles. The summed E-state index contributed by atoms with van der Waals surface area (Å²) in [6.07, 6.45) is -4.25. The van der Waals surface area contributed by atoms with Gasteiger partial charge in [-0.2, -0.15) is 18.3 Å². The molecule has 0 spiro atoms. The Balaban J connectivity index is 2.01. The lowest BCUT2D eigenvalue weighted by Crippen LogP contribution is -2.07. The number of nitrogens with zero attached hydrogens (tertiary/aromatic N) is 2. The van der Waals surface area contributed by atoms with Gasteiger partial charge in [0, 0.05) is 11.6 Å². The van der Waals surface area contributed by atoms with Gasteiger partial charge in [0.25, 0.3) is 0 Å². The van der Waals surface area contributed by atoms with E-state index in [9.17, 15) is 23.4 Å². The van der Waals surface area contributed by atoms with Crippen LogP contribution in [0.4, 0.5) is 13.2 Å². The second-order valence-corrected chi connectivity index (χ2v) is 7.19. The van der Waals surface area contributed by atoms with Gasteiger partial charge in [-0.15, -0.1) is 11.3 Å². The van der Waals surface area contributed by atoms with Gasteiger partial charge >= 0.3 is 6.18 Å². The van der Waals surface area contributed by atoms with E-state index in [1.165, 1.54) is 6.07 Å². The number of hydrogen-bond acceptors (Lipinski definition) is 5. The van der Waals surface area contributed by atoms with Gasteiger partial charge < -0.3 is 10.2 Å². The molecule has 0 unspecified atom stereocenters. The highest BCUT2D eigenvalue weighted by molar-refractivity contribution is 7.21. The Labute approximate surface area is 161 Å². The molecule has 0 aliphatic heterocycles. The number of H-pyrrole nitrogens is 1. The normalized spacial score (nSPS) is 12.0. The molecular formula is C19H14F3N3O2S. The first-order valence-electron chi connectivity index (χ1n) is 8.36. The number of aryl methyl sites for hydroxylation is 1. The molecule has 0 atom stereocenters. The van der Waals surface area contributed by atoms with E-state index in [4.69, 9.17) is 0 Å². The quantitative estimate of drug-likeness (QED) is 0.429. The first-order chi connectivity index (χ1) is 13.3. The van der Waals surface area contributed by atoms with Crippen molar-refractivity contribution in [2.45, 2.75) is 19.5 Å². The molecule has 0 amide bonds. The molecule has 2 aromatic carbocycles. The monoisotopic (exact) mass is 405 g/mol. The molecule has 0 radical (unpaired) electrons. The SMILES string of the molecule is CCc1cc(-c2n[nH]c(C(F)(F)F)c2-c2nc3ccccc3s2)c(O)cc1O. The Kier molecular flexibility index (Phi) is 4.26. The van der Waals surface area contributed by atoms with Crippen molar-refractivity contribution in [3.8, 4) is 33.3 Å². The standard InChI is InChI=1S/C19H14F3N3O2S/c1-2-9-7-10(13(27)8-12(9)26)16-15(17(25-24-16)19(20,21)22)18-23-11-5-3-4-6-14(11)28-18/h3-8,26-27H,2H2,1H3,(H,24,25). The van der Waals surface area contributed by atoms with Gasteiger partial charge in [0.05, 0.1) is 15.8 Å². The maximum absolute atomic E-state index is 13.6. The van der Waals surface area contributed by atoms with E-state index >= 15 is 0 Å². The molecule has 28 heavy (non-hydrogen) atoms. The number of aromatic hydroxyl groups is 2. The maximum atomic E-state index is 13.6. The average molecular weight is 405 g/mol. The fraction of sp³-hybridized carbons (Fsp3) is 0.158. The number of aromatic amines is 1. The summed E-state index contributed by atoms with van der Waals surface area (Å²) < 4.78 is 41.6. The second-order valence-electron chi connectivity index (χ2n) is 6.16. The molecule has 9 heteroatoms. The maximum Gasteiger partial charge on any atom is 0.433 e. The molecule has 0 aliphatic carbocycles. The lowest BCUT2D eigenvalue weighted by Gasteiger charge is -2.10. The number of para-hydroxylation sites is 1. The van der Waals surface area contributed by atoms with Crippen molar-refractivity contribution in [2.24, 2.45) is 0 Å². The molecule has 0 aliphatic rings. The molecule has 0 fully saturated rings. The summed E-state index contributed by atoms with van der Waals surface area (Å²) >= 11 is 1.11. The summed E-state index contributed by atoms with van der Waals surface area (Å²) in [7, 11) is 0. The summed E-state index contributed by atoms with van der Waals surface area (Å²) in [5.74, 6) is -0.492. The Morgan fingerprint density at radius 1 is 1.11 bits per heavy atom. The number of phenols is 2. The van der Waals surface area contributed by atoms with Gasteiger partial charge in [0.2, 0.25) is 0 Å². The average Bonchev–Trinajstić information content (AvgIpc) is 3.25. The van der Waals surface area contributed by atoms with E-state index in [2.05, 4.69) is 15.2 Å². The van der Waals surface area contributed by atoms with Gasteiger partial charge in [0.1, 0.15) is 22.2 Å². The molecule has 5 nitrogen and oxygen atoms in total. The number of halogens is 3. The Hall–Kier alpha value is -3.07. The minimum absolute atomic E-state index is 0.0708. The van der Waals surface area contributed by atoms with E-state index in [1.807, 2.05) is 0 Å². The van der Waals surface area contributed by atoms with Crippen LogP contribution in [-0.2, 0) is 12.6 Å². The highest BCUT2D eigenvalue weighted by Crippen LogP contribution is 2.46. The van der Waals surface area contributed by atoms with Crippen molar-refractivity contribution in [1.82, 2.24) is 15.2 Å². The van der Waals surface area contributed by atoms with E-state index in [0.717, 1.165) is 22.1 Å². The molecule has 0 bridgehead atoms. The first kappa shape index (κ1) is 18.3. The number of rotatable bonds is 3. The van der Waals surface area contributed by atoms with Crippen molar-refractivity contribution in [3.63, 3.8) is 0 Å². The van der Waals surface area contributed by atoms with Crippen LogP contribution in [0.2, 0.25) is 0 Å². The van der Waals surface area contributed by atoms with E-state index < -0.39 is 11.9 Å². The van der Waals surface area contributed by atoms with Crippen LogP contribution < -0.4 is 0 Å². The van der Waals surface area contributed by atoms with Crippen molar-refractivity contribution in [1.29, 1.82) is 0 Å². The smallest absolute Gasteiger partial charge is 0.433 e. The third-order valence-electron chi connectivity index (χ3n) is 4.39. The van der Waals surface area contributed by atoms with Crippen molar-refractivity contribution in [3.05, 3.63) is 47.7 Å². The lowest BCUT2D eigenvalue weighted by atomic mass is 10.0. The van der Waals surface area contributed by atoms with Crippen LogP contribution in [0.15, 0.2) is 36.4 Å². The zero-order valence-corrected chi connectivity index (χ0v) is 15.3. The highest BCUT2D eigenvalue weighted by atomic mass is 32.1. The zero-order valence-electron chi connectivity index (χ0n) is 14.5. The van der Waals surface area contributed by atoms with Gasteiger partial charge in [0.15, 0.2) is 5.69 Å². The molecule has 3 N–H and O–H groups in total. The van der Waals surface area contributed by atoms with Crippen molar-refractivity contribution < 1.29 is 23.4 Å². The predicted molar refractivity (Wildman–Crippen MR) is 100 cm³/mol. The number of phenolic OH excluding ortho intramolecular Hbond substituents is 2. The lowest BCUT2D eigenvalue weighted by molar-refractivity contribution is -0.140. The van der Waals surface area contributed by atoms with Gasteiger partial charge in [-0.1, -0.05) is 19.1 Å². The number of thiazole rings is 1. The summed E-state index contributed by atoms with van der Waals surface area (Å²) in [4.78, 5) is 4.33. The molecule has 144 valence electrons. The van der Waals surface area contributed by atoms with Crippen molar-refractivity contribution in [2.75, 3.05) is 0 Å². The minimum Gasteiger partial charge on any atom is -0.508 e. The molecule has 4 aromatic rings. The molecule has 0 saturated carbocycles. The van der Waals surface area contributed by atoms with Gasteiger partial charge in [-0.05, 0) is 30.2 Å². The Morgan fingerprint density at radius 3 is 2.54 bits per heavy atom. The Morgan fingerprint density at radius 2 is 1.86 bits per heavy atom. The summed E-state index contributed by atoms with van der Waals surface area (Å²) in [5.41, 5.74) is -0.176. The third kappa shape index (κ3) is 2.97. The van der Waals surface area contributed by atoms with Crippen LogP contribution in [0.3, 0.4) is 0 Å². The highest BCUT2D eigenvalue weighted by Gasteiger charge is 2.39. The van der Waals surface area contributed by atoms with Gasteiger partial charge in [-0.3, -0.25) is 5.10 Å². The predicted octanol–water partition coefficient (Wildman–Crippen LogP) is 5.35. The summed E-state index contributed by atoms with van der Waals surface area (Å²) in [6, 6.07) is 9.58. The van der Waals surface area contributed by atoms with Crippen molar-refractivity contribution >= 4 is 21.6 Å². The van der Waals surface area contributed by atoms with E-state index in [-0.39, 0.29) is 33.3 Å². The number of alkyl halides is 3. The van der Waals surface area contributed by atoms with Crippen LogP contribution in [0, 0.1) is 0 Å². The second kappa shape index (κ2) is 6.52. The Bertz CT molecular complexity index is 1150. The van der Waals surface area contributed by atoms with E-state index in [0.29, 0.717) is 17.5 Å². The van der Waals surface area contributed by atoms with Crippen LogP contribution in [-0.4, -0.2) is 25.4 Å². The fourth-order valence-electron chi connectivity index (χ4n) is 3.02. The minimum atomic E-state index is -4.68. The molecule has 2 heterocycles. The van der Waals surface area contributed by atoms with Crippen LogP contribution >= 0.6 is 11.3 Å².